The first kappa shape index (κ1) is 20.7. The summed E-state index contributed by atoms with van der Waals surface area (Å²) in [5, 5.41) is 5.51. The van der Waals surface area contributed by atoms with E-state index in [4.69, 9.17) is 4.98 Å². The predicted octanol–water partition coefficient (Wildman–Crippen LogP) is 10.2. The van der Waals surface area contributed by atoms with Gasteiger partial charge in [-0.3, -0.25) is 0 Å². The fourth-order valence-corrected chi connectivity index (χ4v) is 8.28. The van der Waals surface area contributed by atoms with Crippen LogP contribution in [0.1, 0.15) is 25.0 Å². The van der Waals surface area contributed by atoms with Crippen molar-refractivity contribution < 1.29 is 0 Å². The minimum Gasteiger partial charge on any atom is -0.248 e. The molecule has 0 atom stereocenters. The quantitative estimate of drug-likeness (QED) is 0.230. The van der Waals surface area contributed by atoms with Crippen molar-refractivity contribution >= 4 is 42.3 Å². The van der Waals surface area contributed by atoms with Crippen LogP contribution in [0.3, 0.4) is 0 Å². The first-order chi connectivity index (χ1) is 18.6. The molecule has 2 aliphatic rings. The highest BCUT2D eigenvalue weighted by molar-refractivity contribution is 7.26. The van der Waals surface area contributed by atoms with Gasteiger partial charge in [0.25, 0.3) is 0 Å². The summed E-state index contributed by atoms with van der Waals surface area (Å²) in [7, 11) is 0. The summed E-state index contributed by atoms with van der Waals surface area (Å²) in [6.07, 6.45) is 0. The Bertz CT molecular complexity index is 2150. The third-order valence-electron chi connectivity index (χ3n) is 8.81. The molecule has 2 aromatic heterocycles. The second kappa shape index (κ2) is 6.98. The average molecular weight is 502 g/mol. The van der Waals surface area contributed by atoms with Crippen LogP contribution in [0.15, 0.2) is 103 Å². The van der Waals surface area contributed by atoms with Gasteiger partial charge in [0.2, 0.25) is 0 Å². The minimum absolute atomic E-state index is 0.0376. The number of hydrogen-bond acceptors (Lipinski definition) is 2. The first-order valence-corrected chi connectivity index (χ1v) is 14.1. The summed E-state index contributed by atoms with van der Waals surface area (Å²) in [6.45, 7) is 4.77. The third kappa shape index (κ3) is 2.44. The van der Waals surface area contributed by atoms with Gasteiger partial charge in [-0.05, 0) is 68.4 Å². The van der Waals surface area contributed by atoms with Gasteiger partial charge in [0.1, 0.15) is 0 Å². The molecule has 0 N–H and O–H groups in total. The maximum atomic E-state index is 5.21. The number of nitrogens with zero attached hydrogens (tertiary/aromatic N) is 1. The number of rotatable bonds is 2. The number of thiophene rings is 1. The van der Waals surface area contributed by atoms with Crippen molar-refractivity contribution in [2.24, 2.45) is 0 Å². The van der Waals surface area contributed by atoms with Crippen molar-refractivity contribution in [2.45, 2.75) is 19.3 Å². The molecule has 9 rings (SSSR count). The minimum atomic E-state index is -0.0376. The predicted molar refractivity (Wildman–Crippen MR) is 162 cm³/mol. The zero-order valence-corrected chi connectivity index (χ0v) is 22.0. The smallest absolute Gasteiger partial charge is 0.0716 e. The fraction of sp³-hybridized carbons (Fsp3) is 0.0833. The fourth-order valence-electron chi connectivity index (χ4n) is 7.10. The Labute approximate surface area is 225 Å². The molecule has 0 bridgehead atoms. The molecule has 0 amide bonds. The Balaban J connectivity index is 1.48. The number of hydrogen-bond donors (Lipinski definition) is 0. The maximum Gasteiger partial charge on any atom is 0.0716 e. The summed E-state index contributed by atoms with van der Waals surface area (Å²) in [4.78, 5) is 5.21. The standard InChI is InChI=1S/C36H23NS/c1-36(2)25-13-6-11-21-22-12-7-16-29-32(22)35-30(38-29)19-24(23-17-18-26(36)34(31(21)25)33(23)35)28-15-8-14-27(37-28)20-9-4-3-5-10-20/h3-19H,1-2H3. The highest BCUT2D eigenvalue weighted by atomic mass is 32.1. The van der Waals surface area contributed by atoms with Crippen molar-refractivity contribution in [1.82, 2.24) is 4.98 Å². The highest BCUT2D eigenvalue weighted by Gasteiger charge is 2.40. The van der Waals surface area contributed by atoms with Crippen LogP contribution in [-0.2, 0) is 5.41 Å². The van der Waals surface area contributed by atoms with Crippen molar-refractivity contribution in [3.05, 3.63) is 114 Å². The van der Waals surface area contributed by atoms with Gasteiger partial charge in [-0.1, -0.05) is 92.7 Å². The van der Waals surface area contributed by atoms with E-state index < -0.39 is 0 Å². The number of pyridine rings is 1. The molecule has 7 aromatic rings. The Morgan fingerprint density at radius 1 is 0.553 bits per heavy atom. The topological polar surface area (TPSA) is 12.9 Å². The van der Waals surface area contributed by atoms with Crippen molar-refractivity contribution in [3.63, 3.8) is 0 Å². The lowest BCUT2D eigenvalue weighted by atomic mass is 9.81. The van der Waals surface area contributed by atoms with Gasteiger partial charge in [-0.25, -0.2) is 4.98 Å². The van der Waals surface area contributed by atoms with Gasteiger partial charge in [0, 0.05) is 36.7 Å². The Kier molecular flexibility index (Phi) is 3.81. The largest absolute Gasteiger partial charge is 0.248 e. The Morgan fingerprint density at radius 2 is 1.32 bits per heavy atom. The van der Waals surface area contributed by atoms with Crippen LogP contribution in [0.2, 0.25) is 0 Å². The van der Waals surface area contributed by atoms with Crippen molar-refractivity contribution in [3.8, 4) is 44.8 Å². The van der Waals surface area contributed by atoms with E-state index in [9.17, 15) is 0 Å². The van der Waals surface area contributed by atoms with Gasteiger partial charge in [-0.2, -0.15) is 0 Å². The van der Waals surface area contributed by atoms with Crippen LogP contribution in [0, 0.1) is 0 Å². The van der Waals surface area contributed by atoms with Crippen LogP contribution in [0.5, 0.6) is 0 Å². The van der Waals surface area contributed by atoms with Gasteiger partial charge < -0.3 is 0 Å². The van der Waals surface area contributed by atoms with Crippen LogP contribution in [0.25, 0.3) is 75.7 Å². The summed E-state index contributed by atoms with van der Waals surface area (Å²) in [5.41, 5.74) is 12.8. The van der Waals surface area contributed by atoms with E-state index in [0.29, 0.717) is 0 Å². The van der Waals surface area contributed by atoms with Crippen LogP contribution < -0.4 is 0 Å². The monoisotopic (exact) mass is 501 g/mol. The highest BCUT2D eigenvalue weighted by Crippen LogP contribution is 2.60. The van der Waals surface area contributed by atoms with E-state index in [2.05, 4.69) is 117 Å². The molecule has 1 nitrogen and oxygen atoms in total. The second-order valence-electron chi connectivity index (χ2n) is 11.1. The van der Waals surface area contributed by atoms with E-state index in [1.165, 1.54) is 69.9 Å². The molecule has 0 aliphatic heterocycles. The number of benzene rings is 5. The van der Waals surface area contributed by atoms with Gasteiger partial charge in [0.15, 0.2) is 0 Å². The van der Waals surface area contributed by atoms with Gasteiger partial charge in [-0.15, -0.1) is 11.3 Å². The lowest BCUT2D eigenvalue weighted by Gasteiger charge is -2.22. The van der Waals surface area contributed by atoms with Gasteiger partial charge >= 0.3 is 0 Å². The van der Waals surface area contributed by atoms with Crippen molar-refractivity contribution in [2.75, 3.05) is 0 Å². The normalized spacial score (nSPS) is 14.3. The van der Waals surface area contributed by atoms with Gasteiger partial charge in [0.05, 0.1) is 11.4 Å². The molecule has 0 unspecified atom stereocenters. The summed E-state index contributed by atoms with van der Waals surface area (Å²) < 4.78 is 2.70. The third-order valence-corrected chi connectivity index (χ3v) is 9.91. The summed E-state index contributed by atoms with van der Waals surface area (Å²) in [5.74, 6) is 0. The average Bonchev–Trinajstić information content (AvgIpc) is 3.40. The molecule has 0 saturated carbocycles. The van der Waals surface area contributed by atoms with E-state index >= 15 is 0 Å². The molecule has 0 fully saturated rings. The Hall–Kier alpha value is -4.27. The summed E-state index contributed by atoms with van der Waals surface area (Å²) >= 11 is 1.91. The molecule has 0 radical (unpaired) electrons. The maximum absolute atomic E-state index is 5.21. The number of fused-ring (bicyclic) bond motifs is 1. The van der Waals surface area contributed by atoms with Crippen molar-refractivity contribution in [1.29, 1.82) is 0 Å². The number of aromatic nitrogens is 1. The first-order valence-electron chi connectivity index (χ1n) is 13.2. The molecule has 0 spiro atoms. The molecule has 2 heterocycles. The van der Waals surface area contributed by atoms with Crippen LogP contribution >= 0.6 is 11.3 Å². The van der Waals surface area contributed by atoms with E-state index in [-0.39, 0.29) is 5.41 Å². The molecule has 178 valence electrons. The SMILES string of the molecule is CC1(C)c2cccc3c2-c2c1ccc1c(-c4cccc(-c5ccccc5)n4)cc4sc5cccc-3c5c4c21. The Morgan fingerprint density at radius 3 is 2.21 bits per heavy atom. The lowest BCUT2D eigenvalue weighted by molar-refractivity contribution is 0.661. The molecule has 0 saturated heterocycles. The van der Waals surface area contributed by atoms with Crippen LogP contribution in [0.4, 0.5) is 0 Å². The second-order valence-corrected chi connectivity index (χ2v) is 12.2. The van der Waals surface area contributed by atoms with E-state index in [1.807, 2.05) is 11.3 Å². The zero-order chi connectivity index (χ0) is 25.2. The molecule has 2 aliphatic carbocycles. The summed E-state index contributed by atoms with van der Waals surface area (Å²) in [6, 6.07) is 37.8. The molecular formula is C36H23NS. The van der Waals surface area contributed by atoms with Crippen LogP contribution in [-0.4, -0.2) is 4.98 Å². The molecular weight excluding hydrogens is 478 g/mol. The molecule has 5 aromatic carbocycles. The molecule has 38 heavy (non-hydrogen) atoms. The molecule has 2 heteroatoms. The lowest BCUT2D eigenvalue weighted by Crippen LogP contribution is -2.15. The van der Waals surface area contributed by atoms with E-state index in [0.717, 1.165) is 17.0 Å². The van der Waals surface area contributed by atoms with E-state index in [1.54, 1.807) is 0 Å². The zero-order valence-electron chi connectivity index (χ0n) is 21.2.